The second-order valence-corrected chi connectivity index (χ2v) is 5.74. The lowest BCUT2D eigenvalue weighted by atomic mass is 9.92. The van der Waals surface area contributed by atoms with Crippen molar-refractivity contribution in [3.8, 4) is 0 Å². The second kappa shape index (κ2) is 6.31. The lowest BCUT2D eigenvalue weighted by Crippen LogP contribution is -2.42. The maximum absolute atomic E-state index is 14.0. The molecule has 1 aromatic rings. The van der Waals surface area contributed by atoms with E-state index in [1.54, 1.807) is 6.92 Å². The first-order valence-electron chi connectivity index (χ1n) is 6.67. The zero-order chi connectivity index (χ0) is 15.5. The van der Waals surface area contributed by atoms with Gasteiger partial charge in [-0.05, 0) is 37.4 Å². The van der Waals surface area contributed by atoms with E-state index in [9.17, 15) is 13.6 Å². The van der Waals surface area contributed by atoms with Crippen LogP contribution in [0.2, 0.25) is 0 Å². The Morgan fingerprint density at radius 3 is 2.45 bits per heavy atom. The number of carbonyl (C=O) groups is 1. The van der Waals surface area contributed by atoms with Gasteiger partial charge in [0.15, 0.2) is 0 Å². The summed E-state index contributed by atoms with van der Waals surface area (Å²) in [5.74, 6) is -2.26. The van der Waals surface area contributed by atoms with E-state index in [1.165, 1.54) is 17.9 Å². The van der Waals surface area contributed by atoms with Gasteiger partial charge in [-0.1, -0.05) is 19.9 Å². The largest absolute Gasteiger partial charge is 0.338 e. The highest BCUT2D eigenvalue weighted by atomic mass is 19.1. The molecular formula is C15H22F2N2O. The van der Waals surface area contributed by atoms with Gasteiger partial charge in [-0.15, -0.1) is 0 Å². The predicted octanol–water partition coefficient (Wildman–Crippen LogP) is 2.72. The Labute approximate surface area is 118 Å². The number of amides is 1. The molecule has 0 aliphatic heterocycles. The first-order chi connectivity index (χ1) is 9.23. The lowest BCUT2D eigenvalue weighted by Gasteiger charge is -2.31. The van der Waals surface area contributed by atoms with Gasteiger partial charge in [0.1, 0.15) is 17.2 Å². The first kappa shape index (κ1) is 16.6. The molecule has 0 atom stereocenters. The van der Waals surface area contributed by atoms with Crippen LogP contribution in [0, 0.1) is 24.0 Å². The molecule has 0 aromatic heterocycles. The van der Waals surface area contributed by atoms with Gasteiger partial charge in [-0.25, -0.2) is 8.78 Å². The second-order valence-electron chi connectivity index (χ2n) is 5.74. The molecule has 0 fully saturated rings. The smallest absolute Gasteiger partial charge is 0.259 e. The van der Waals surface area contributed by atoms with Gasteiger partial charge in [-0.3, -0.25) is 4.79 Å². The van der Waals surface area contributed by atoms with Crippen LogP contribution in [0.25, 0.3) is 0 Å². The van der Waals surface area contributed by atoms with E-state index >= 15 is 0 Å². The number of nitrogens with two attached hydrogens (primary N) is 1. The number of aryl methyl sites for hydroxylation is 1. The van der Waals surface area contributed by atoms with Gasteiger partial charge in [-0.2, -0.15) is 0 Å². The Kier molecular flexibility index (Phi) is 5.22. The normalized spacial score (nSPS) is 11.6. The highest BCUT2D eigenvalue weighted by Gasteiger charge is 2.27. The summed E-state index contributed by atoms with van der Waals surface area (Å²) in [6, 6.07) is 2.44. The van der Waals surface area contributed by atoms with Gasteiger partial charge in [0, 0.05) is 13.1 Å². The molecule has 1 aromatic carbocycles. The van der Waals surface area contributed by atoms with Crippen LogP contribution >= 0.6 is 0 Å². The van der Waals surface area contributed by atoms with Crippen molar-refractivity contribution < 1.29 is 13.6 Å². The van der Waals surface area contributed by atoms with Crippen molar-refractivity contribution in [3.63, 3.8) is 0 Å². The highest BCUT2D eigenvalue weighted by molar-refractivity contribution is 5.95. The Balaban J connectivity index is 3.13. The molecule has 20 heavy (non-hydrogen) atoms. The van der Waals surface area contributed by atoms with Crippen molar-refractivity contribution in [3.05, 3.63) is 34.9 Å². The van der Waals surface area contributed by atoms with E-state index in [2.05, 4.69) is 0 Å². The van der Waals surface area contributed by atoms with Crippen LogP contribution in [0.4, 0.5) is 8.78 Å². The maximum Gasteiger partial charge on any atom is 0.259 e. The molecule has 0 spiro atoms. The SMILES string of the molecule is CCN(CC(C)(C)CN)C(=O)c1c(F)ccc(C)c1F. The summed E-state index contributed by atoms with van der Waals surface area (Å²) in [6.07, 6.45) is 0. The molecule has 3 nitrogen and oxygen atoms in total. The topological polar surface area (TPSA) is 46.3 Å². The highest BCUT2D eigenvalue weighted by Crippen LogP contribution is 2.21. The fourth-order valence-corrected chi connectivity index (χ4v) is 1.92. The number of rotatable bonds is 5. The summed E-state index contributed by atoms with van der Waals surface area (Å²) in [7, 11) is 0. The van der Waals surface area contributed by atoms with Gasteiger partial charge in [0.2, 0.25) is 0 Å². The molecule has 0 saturated carbocycles. The van der Waals surface area contributed by atoms with Crippen molar-refractivity contribution in [1.29, 1.82) is 0 Å². The summed E-state index contributed by atoms with van der Waals surface area (Å²) < 4.78 is 27.8. The Morgan fingerprint density at radius 2 is 1.95 bits per heavy atom. The van der Waals surface area contributed by atoms with Crippen molar-refractivity contribution in [2.24, 2.45) is 11.1 Å². The third-order valence-corrected chi connectivity index (χ3v) is 3.34. The predicted molar refractivity (Wildman–Crippen MR) is 75.5 cm³/mol. The van der Waals surface area contributed by atoms with Crippen LogP contribution in [0.3, 0.4) is 0 Å². The van der Waals surface area contributed by atoms with Crippen LogP contribution in [-0.2, 0) is 0 Å². The third kappa shape index (κ3) is 3.54. The summed E-state index contributed by atoms with van der Waals surface area (Å²) >= 11 is 0. The summed E-state index contributed by atoms with van der Waals surface area (Å²) in [5, 5.41) is 0. The van der Waals surface area contributed by atoms with Gasteiger partial charge in [0.25, 0.3) is 5.91 Å². The van der Waals surface area contributed by atoms with Crippen molar-refractivity contribution in [2.45, 2.75) is 27.7 Å². The average molecular weight is 284 g/mol. The van der Waals surface area contributed by atoms with E-state index in [1.807, 2.05) is 13.8 Å². The minimum Gasteiger partial charge on any atom is -0.338 e. The zero-order valence-corrected chi connectivity index (χ0v) is 12.5. The summed E-state index contributed by atoms with van der Waals surface area (Å²) in [6.45, 7) is 8.20. The monoisotopic (exact) mass is 284 g/mol. The van der Waals surface area contributed by atoms with Crippen molar-refractivity contribution in [2.75, 3.05) is 19.6 Å². The fourth-order valence-electron chi connectivity index (χ4n) is 1.92. The Hall–Kier alpha value is -1.49. The Bertz CT molecular complexity index is 501. The van der Waals surface area contributed by atoms with Crippen LogP contribution < -0.4 is 5.73 Å². The fraction of sp³-hybridized carbons (Fsp3) is 0.533. The number of hydrogen-bond donors (Lipinski definition) is 1. The molecule has 112 valence electrons. The molecule has 0 radical (unpaired) electrons. The molecular weight excluding hydrogens is 262 g/mol. The molecule has 5 heteroatoms. The lowest BCUT2D eigenvalue weighted by molar-refractivity contribution is 0.0690. The van der Waals surface area contributed by atoms with E-state index in [-0.39, 0.29) is 11.0 Å². The number of halogens is 2. The van der Waals surface area contributed by atoms with Gasteiger partial charge in [0.05, 0.1) is 0 Å². The molecule has 0 aliphatic rings. The molecule has 0 aliphatic carbocycles. The number of hydrogen-bond acceptors (Lipinski definition) is 2. The molecule has 1 rings (SSSR count). The molecule has 1 amide bonds. The van der Waals surface area contributed by atoms with Crippen LogP contribution in [0.5, 0.6) is 0 Å². The van der Waals surface area contributed by atoms with E-state index in [4.69, 9.17) is 5.73 Å². The summed E-state index contributed by atoms with van der Waals surface area (Å²) in [4.78, 5) is 13.8. The molecule has 0 heterocycles. The Morgan fingerprint density at radius 1 is 1.35 bits per heavy atom. The molecule has 0 unspecified atom stereocenters. The molecule has 0 bridgehead atoms. The van der Waals surface area contributed by atoms with E-state index in [0.717, 1.165) is 6.07 Å². The van der Waals surface area contributed by atoms with Crippen LogP contribution in [0.1, 0.15) is 36.7 Å². The van der Waals surface area contributed by atoms with E-state index < -0.39 is 23.1 Å². The zero-order valence-electron chi connectivity index (χ0n) is 12.5. The van der Waals surface area contributed by atoms with Crippen molar-refractivity contribution in [1.82, 2.24) is 4.90 Å². The van der Waals surface area contributed by atoms with Gasteiger partial charge >= 0.3 is 0 Å². The maximum atomic E-state index is 14.0. The average Bonchev–Trinajstić information content (AvgIpc) is 2.40. The van der Waals surface area contributed by atoms with Crippen LogP contribution in [-0.4, -0.2) is 30.4 Å². The van der Waals surface area contributed by atoms with Crippen LogP contribution in [0.15, 0.2) is 12.1 Å². The molecule has 0 saturated heterocycles. The molecule has 2 N–H and O–H groups in total. The van der Waals surface area contributed by atoms with E-state index in [0.29, 0.717) is 19.6 Å². The first-order valence-corrected chi connectivity index (χ1v) is 6.67. The number of carbonyl (C=O) groups excluding carboxylic acids is 1. The minimum absolute atomic E-state index is 0.254. The minimum atomic E-state index is -0.831. The number of benzene rings is 1. The quantitative estimate of drug-likeness (QED) is 0.903. The van der Waals surface area contributed by atoms with Gasteiger partial charge < -0.3 is 10.6 Å². The third-order valence-electron chi connectivity index (χ3n) is 3.34. The summed E-state index contributed by atoms with van der Waals surface area (Å²) in [5.41, 5.74) is 5.11. The number of nitrogens with zero attached hydrogens (tertiary/aromatic N) is 1. The van der Waals surface area contributed by atoms with Crippen molar-refractivity contribution >= 4 is 5.91 Å². The standard InChI is InChI=1S/C15H22F2N2O/c1-5-19(9-15(3,4)8-18)14(20)12-11(16)7-6-10(2)13(12)17/h6-7H,5,8-9,18H2,1-4H3.